The molecule has 0 aromatic rings. The summed E-state index contributed by atoms with van der Waals surface area (Å²) in [6.07, 6.45) is -5.91. The van der Waals surface area contributed by atoms with Crippen molar-refractivity contribution in [1.82, 2.24) is 0 Å². The highest BCUT2D eigenvalue weighted by molar-refractivity contribution is 4.88. The van der Waals surface area contributed by atoms with Gasteiger partial charge in [-0.1, -0.05) is 0 Å². The smallest absolute Gasteiger partial charge is 0.186 e. The molecule has 0 amide bonds. The van der Waals surface area contributed by atoms with Crippen LogP contribution < -0.4 is 0 Å². The van der Waals surface area contributed by atoms with Gasteiger partial charge in [-0.05, 0) is 0 Å². The minimum absolute atomic E-state index is 0. The molecule has 7 heteroatoms. The Morgan fingerprint density at radius 3 is 2.14 bits per heavy atom. The van der Waals surface area contributed by atoms with E-state index in [9.17, 15) is 15.3 Å². The monoisotopic (exact) mass is 212 g/mol. The summed E-state index contributed by atoms with van der Waals surface area (Å²) in [4.78, 5) is 0. The molecule has 6 N–H and O–H groups in total. The lowest BCUT2D eigenvalue weighted by atomic mass is 9.99. The van der Waals surface area contributed by atoms with Gasteiger partial charge in [0.2, 0.25) is 0 Å². The Labute approximate surface area is 80.8 Å². The SMILES string of the molecule is COC1O[C@H](CO)[C@@H](O)[C@H](O)[C@H]1O.O. The van der Waals surface area contributed by atoms with Crippen molar-refractivity contribution in [3.8, 4) is 0 Å². The van der Waals surface area contributed by atoms with Crippen LogP contribution in [0, 0.1) is 0 Å². The standard InChI is InChI=1S/C7H14O6.H2O/c1-12-7-6(11)5(10)4(9)3(2-8)13-7;/h3-11H,2H2,1H3;1H2/t3-,4-,5+,6-,7?;/m1./s1. The maximum Gasteiger partial charge on any atom is 0.186 e. The molecule has 14 heavy (non-hydrogen) atoms. The minimum Gasteiger partial charge on any atom is -0.412 e. The zero-order valence-electron chi connectivity index (χ0n) is 7.70. The molecule has 1 fully saturated rings. The van der Waals surface area contributed by atoms with E-state index in [1.54, 1.807) is 0 Å². The molecule has 5 atom stereocenters. The molecule has 1 saturated heterocycles. The zero-order valence-corrected chi connectivity index (χ0v) is 7.70. The maximum atomic E-state index is 9.28. The lowest BCUT2D eigenvalue weighted by molar-refractivity contribution is -0.294. The van der Waals surface area contributed by atoms with Gasteiger partial charge in [-0.15, -0.1) is 0 Å². The molecule has 1 heterocycles. The van der Waals surface area contributed by atoms with E-state index in [2.05, 4.69) is 0 Å². The van der Waals surface area contributed by atoms with E-state index in [4.69, 9.17) is 14.6 Å². The van der Waals surface area contributed by atoms with Gasteiger partial charge in [-0.3, -0.25) is 0 Å². The highest BCUT2D eigenvalue weighted by Gasteiger charge is 2.43. The predicted octanol–water partition coefficient (Wildman–Crippen LogP) is -3.39. The van der Waals surface area contributed by atoms with Crippen LogP contribution in [0.4, 0.5) is 0 Å². The molecule has 1 unspecified atom stereocenters. The predicted molar refractivity (Wildman–Crippen MR) is 44.4 cm³/mol. The Kier molecular flexibility index (Phi) is 5.45. The van der Waals surface area contributed by atoms with Gasteiger partial charge < -0.3 is 35.4 Å². The van der Waals surface area contributed by atoms with E-state index in [1.807, 2.05) is 0 Å². The van der Waals surface area contributed by atoms with Crippen molar-refractivity contribution >= 4 is 0 Å². The summed E-state index contributed by atoms with van der Waals surface area (Å²) >= 11 is 0. The fraction of sp³-hybridized carbons (Fsp3) is 1.00. The molecular weight excluding hydrogens is 196 g/mol. The van der Waals surface area contributed by atoms with Crippen molar-refractivity contribution in [3.63, 3.8) is 0 Å². The van der Waals surface area contributed by atoms with Crippen LogP contribution >= 0.6 is 0 Å². The molecule has 0 spiro atoms. The van der Waals surface area contributed by atoms with Crippen LogP contribution in [0.15, 0.2) is 0 Å². The Hall–Kier alpha value is -0.280. The fourth-order valence-electron chi connectivity index (χ4n) is 1.26. The van der Waals surface area contributed by atoms with Gasteiger partial charge in [0.15, 0.2) is 6.29 Å². The third kappa shape index (κ3) is 2.39. The number of ether oxygens (including phenoxy) is 2. The molecule has 7 nitrogen and oxygen atoms in total. The molecule has 0 aromatic heterocycles. The van der Waals surface area contributed by atoms with Crippen molar-refractivity contribution < 1.29 is 35.4 Å². The van der Waals surface area contributed by atoms with Crippen LogP contribution in [-0.2, 0) is 9.47 Å². The number of hydrogen-bond acceptors (Lipinski definition) is 6. The first-order valence-corrected chi connectivity index (χ1v) is 3.95. The molecule has 0 bridgehead atoms. The van der Waals surface area contributed by atoms with E-state index in [0.717, 1.165) is 0 Å². The second kappa shape index (κ2) is 5.56. The summed E-state index contributed by atoms with van der Waals surface area (Å²) in [5.41, 5.74) is 0. The van der Waals surface area contributed by atoms with Crippen molar-refractivity contribution in [1.29, 1.82) is 0 Å². The third-order valence-corrected chi connectivity index (χ3v) is 2.08. The number of aliphatic hydroxyl groups excluding tert-OH is 4. The molecule has 1 aliphatic rings. The van der Waals surface area contributed by atoms with Gasteiger partial charge in [0.25, 0.3) is 0 Å². The summed E-state index contributed by atoms with van der Waals surface area (Å²) in [5.74, 6) is 0. The number of rotatable bonds is 2. The van der Waals surface area contributed by atoms with Gasteiger partial charge >= 0.3 is 0 Å². The Morgan fingerprint density at radius 1 is 1.14 bits per heavy atom. The van der Waals surface area contributed by atoms with Crippen LogP contribution in [0.2, 0.25) is 0 Å². The maximum absolute atomic E-state index is 9.28. The van der Waals surface area contributed by atoms with Crippen LogP contribution in [0.1, 0.15) is 0 Å². The van der Waals surface area contributed by atoms with Crippen LogP contribution in [0.25, 0.3) is 0 Å². The highest BCUT2D eigenvalue weighted by atomic mass is 16.7. The van der Waals surface area contributed by atoms with E-state index in [1.165, 1.54) is 7.11 Å². The first-order valence-electron chi connectivity index (χ1n) is 3.95. The summed E-state index contributed by atoms with van der Waals surface area (Å²) in [6, 6.07) is 0. The highest BCUT2D eigenvalue weighted by Crippen LogP contribution is 2.20. The normalized spacial score (nSPS) is 43.1. The van der Waals surface area contributed by atoms with Crippen LogP contribution in [-0.4, -0.2) is 70.3 Å². The van der Waals surface area contributed by atoms with Gasteiger partial charge in [-0.25, -0.2) is 0 Å². The lowest BCUT2D eigenvalue weighted by Gasteiger charge is -2.38. The zero-order chi connectivity index (χ0) is 10.0. The molecule has 0 radical (unpaired) electrons. The van der Waals surface area contributed by atoms with Gasteiger partial charge in [0.1, 0.15) is 24.4 Å². The average molecular weight is 212 g/mol. The molecule has 0 aliphatic carbocycles. The largest absolute Gasteiger partial charge is 0.412 e. The average Bonchev–Trinajstić information content (AvgIpc) is 2.15. The lowest BCUT2D eigenvalue weighted by Crippen LogP contribution is -2.58. The second-order valence-corrected chi connectivity index (χ2v) is 2.93. The van der Waals surface area contributed by atoms with Crippen molar-refractivity contribution in [2.45, 2.75) is 30.7 Å². The molecule has 1 aliphatic heterocycles. The first-order chi connectivity index (χ1) is 6.11. The fourth-order valence-corrected chi connectivity index (χ4v) is 1.26. The van der Waals surface area contributed by atoms with Gasteiger partial charge in [-0.2, -0.15) is 0 Å². The quantitative estimate of drug-likeness (QED) is 0.377. The number of aliphatic hydroxyl groups is 4. The molecular formula is C7H16O7. The van der Waals surface area contributed by atoms with Crippen LogP contribution in [0.5, 0.6) is 0 Å². The summed E-state index contributed by atoms with van der Waals surface area (Å²) < 4.78 is 9.65. The Balaban J connectivity index is 0.00000169. The van der Waals surface area contributed by atoms with E-state index < -0.39 is 37.3 Å². The van der Waals surface area contributed by atoms with Crippen molar-refractivity contribution in [3.05, 3.63) is 0 Å². The van der Waals surface area contributed by atoms with Gasteiger partial charge in [0, 0.05) is 7.11 Å². The Bertz CT molecular complexity index is 144. The van der Waals surface area contributed by atoms with Crippen molar-refractivity contribution in [2.75, 3.05) is 13.7 Å². The minimum atomic E-state index is -1.36. The summed E-state index contributed by atoms with van der Waals surface area (Å²) in [5, 5.41) is 36.6. The first kappa shape index (κ1) is 13.7. The molecule has 86 valence electrons. The second-order valence-electron chi connectivity index (χ2n) is 2.93. The Morgan fingerprint density at radius 2 is 1.71 bits per heavy atom. The third-order valence-electron chi connectivity index (χ3n) is 2.08. The summed E-state index contributed by atoms with van der Waals surface area (Å²) in [7, 11) is 1.30. The number of methoxy groups -OCH3 is 1. The number of hydrogen-bond donors (Lipinski definition) is 4. The van der Waals surface area contributed by atoms with Crippen LogP contribution in [0.3, 0.4) is 0 Å². The van der Waals surface area contributed by atoms with E-state index in [-0.39, 0.29) is 5.48 Å². The molecule has 0 aromatic carbocycles. The molecule has 0 saturated carbocycles. The van der Waals surface area contributed by atoms with Gasteiger partial charge in [0.05, 0.1) is 6.61 Å². The topological polar surface area (TPSA) is 131 Å². The summed E-state index contributed by atoms with van der Waals surface area (Å²) in [6.45, 7) is -0.440. The van der Waals surface area contributed by atoms with Crippen molar-refractivity contribution in [2.24, 2.45) is 0 Å². The van der Waals surface area contributed by atoms with E-state index >= 15 is 0 Å². The molecule has 1 rings (SSSR count). The van der Waals surface area contributed by atoms with E-state index in [0.29, 0.717) is 0 Å².